The summed E-state index contributed by atoms with van der Waals surface area (Å²) in [7, 11) is 0. The molecule has 2 aromatic rings. The number of nitrogens with zero attached hydrogens (tertiary/aromatic N) is 1. The van der Waals surface area contributed by atoms with Crippen LogP contribution in [0, 0.1) is 0 Å². The third-order valence-corrected chi connectivity index (χ3v) is 3.96. The monoisotopic (exact) mass is 339 g/mol. The standard InChI is InChI=1S/C19H21N3O3/c1-2-25-17-10-6-3-7-14(17)19(24)21-15-8-4-5-9-16(15)22-12-11-20-18(23)13-22/h3-10H,2,11-13H2,1H3,(H,20,23)(H,21,24). The van der Waals surface area contributed by atoms with Crippen LogP contribution >= 0.6 is 0 Å². The van der Waals surface area contributed by atoms with E-state index in [0.717, 1.165) is 5.69 Å². The molecule has 3 rings (SSSR count). The van der Waals surface area contributed by atoms with Crippen LogP contribution in [0.2, 0.25) is 0 Å². The SMILES string of the molecule is CCOc1ccccc1C(=O)Nc1ccccc1N1CCNC(=O)C1. The van der Waals surface area contributed by atoms with Crippen molar-refractivity contribution in [3.05, 3.63) is 54.1 Å². The van der Waals surface area contributed by atoms with Gasteiger partial charge in [0.15, 0.2) is 0 Å². The molecule has 0 radical (unpaired) electrons. The molecule has 25 heavy (non-hydrogen) atoms. The summed E-state index contributed by atoms with van der Waals surface area (Å²) in [6, 6.07) is 14.6. The molecule has 1 aliphatic rings. The summed E-state index contributed by atoms with van der Waals surface area (Å²) in [5.41, 5.74) is 1.99. The maximum Gasteiger partial charge on any atom is 0.259 e. The van der Waals surface area contributed by atoms with Crippen LogP contribution in [-0.2, 0) is 4.79 Å². The van der Waals surface area contributed by atoms with Crippen LogP contribution in [0.25, 0.3) is 0 Å². The topological polar surface area (TPSA) is 70.7 Å². The Morgan fingerprint density at radius 1 is 1.20 bits per heavy atom. The van der Waals surface area contributed by atoms with Crippen molar-refractivity contribution in [2.45, 2.75) is 6.92 Å². The fourth-order valence-electron chi connectivity index (χ4n) is 2.82. The highest BCUT2D eigenvalue weighted by atomic mass is 16.5. The minimum atomic E-state index is -0.238. The van der Waals surface area contributed by atoms with Crippen molar-refractivity contribution in [1.82, 2.24) is 5.32 Å². The van der Waals surface area contributed by atoms with E-state index < -0.39 is 0 Å². The second kappa shape index (κ2) is 7.70. The van der Waals surface area contributed by atoms with Crippen LogP contribution in [0.5, 0.6) is 5.75 Å². The molecule has 6 nitrogen and oxygen atoms in total. The highest BCUT2D eigenvalue weighted by molar-refractivity contribution is 6.07. The van der Waals surface area contributed by atoms with Gasteiger partial charge in [0.2, 0.25) is 5.91 Å². The van der Waals surface area contributed by atoms with E-state index in [2.05, 4.69) is 10.6 Å². The molecule has 0 aromatic heterocycles. The Morgan fingerprint density at radius 3 is 2.76 bits per heavy atom. The van der Waals surface area contributed by atoms with Gasteiger partial charge in [-0.05, 0) is 31.2 Å². The van der Waals surface area contributed by atoms with Gasteiger partial charge in [0, 0.05) is 13.1 Å². The molecule has 1 saturated heterocycles. The largest absolute Gasteiger partial charge is 0.493 e. The molecule has 2 N–H and O–H groups in total. The van der Waals surface area contributed by atoms with Crippen molar-refractivity contribution in [2.24, 2.45) is 0 Å². The molecule has 0 saturated carbocycles. The third-order valence-electron chi connectivity index (χ3n) is 3.96. The van der Waals surface area contributed by atoms with Gasteiger partial charge in [0.05, 0.1) is 30.1 Å². The highest BCUT2D eigenvalue weighted by Crippen LogP contribution is 2.27. The van der Waals surface area contributed by atoms with Gasteiger partial charge in [-0.3, -0.25) is 9.59 Å². The minimum Gasteiger partial charge on any atom is -0.493 e. The zero-order valence-corrected chi connectivity index (χ0v) is 14.1. The molecular weight excluding hydrogens is 318 g/mol. The van der Waals surface area contributed by atoms with Crippen molar-refractivity contribution in [3.8, 4) is 5.75 Å². The number of piperazine rings is 1. The maximum atomic E-state index is 12.7. The van der Waals surface area contributed by atoms with E-state index in [1.54, 1.807) is 18.2 Å². The van der Waals surface area contributed by atoms with E-state index >= 15 is 0 Å². The fourth-order valence-corrected chi connectivity index (χ4v) is 2.82. The summed E-state index contributed by atoms with van der Waals surface area (Å²) in [6.45, 7) is 3.94. The number of hydrogen-bond acceptors (Lipinski definition) is 4. The molecule has 2 aromatic carbocycles. The second-order valence-electron chi connectivity index (χ2n) is 5.67. The molecule has 1 fully saturated rings. The van der Waals surface area contributed by atoms with Crippen molar-refractivity contribution in [2.75, 3.05) is 36.5 Å². The Morgan fingerprint density at radius 2 is 1.96 bits per heavy atom. The van der Waals surface area contributed by atoms with Gasteiger partial charge in [-0.25, -0.2) is 0 Å². The van der Waals surface area contributed by atoms with Crippen molar-refractivity contribution in [1.29, 1.82) is 0 Å². The van der Waals surface area contributed by atoms with Gasteiger partial charge in [-0.2, -0.15) is 0 Å². The average molecular weight is 339 g/mol. The van der Waals surface area contributed by atoms with Gasteiger partial charge in [-0.15, -0.1) is 0 Å². The summed E-state index contributed by atoms with van der Waals surface area (Å²) >= 11 is 0. The first-order chi connectivity index (χ1) is 12.2. The summed E-state index contributed by atoms with van der Waals surface area (Å²) in [5.74, 6) is 0.296. The highest BCUT2D eigenvalue weighted by Gasteiger charge is 2.20. The van der Waals surface area contributed by atoms with Crippen LogP contribution in [-0.4, -0.2) is 38.1 Å². The van der Waals surface area contributed by atoms with Crippen LogP contribution < -0.4 is 20.3 Å². The Labute approximate surface area is 146 Å². The van der Waals surface area contributed by atoms with Crippen molar-refractivity contribution >= 4 is 23.2 Å². The van der Waals surface area contributed by atoms with E-state index in [1.807, 2.05) is 42.2 Å². The number of hydrogen-bond donors (Lipinski definition) is 2. The van der Waals surface area contributed by atoms with Gasteiger partial charge < -0.3 is 20.3 Å². The Kier molecular flexibility index (Phi) is 5.18. The van der Waals surface area contributed by atoms with E-state index in [0.29, 0.717) is 36.7 Å². The van der Waals surface area contributed by atoms with Crippen LogP contribution in [0.3, 0.4) is 0 Å². The summed E-state index contributed by atoms with van der Waals surface area (Å²) in [6.07, 6.45) is 0. The molecule has 0 unspecified atom stereocenters. The van der Waals surface area contributed by atoms with E-state index in [4.69, 9.17) is 4.74 Å². The first-order valence-corrected chi connectivity index (χ1v) is 8.33. The third kappa shape index (κ3) is 3.91. The molecule has 1 aliphatic heterocycles. The zero-order chi connectivity index (χ0) is 17.6. The Balaban J connectivity index is 1.84. The van der Waals surface area contributed by atoms with Gasteiger partial charge >= 0.3 is 0 Å². The number of ether oxygens (including phenoxy) is 1. The zero-order valence-electron chi connectivity index (χ0n) is 14.1. The smallest absolute Gasteiger partial charge is 0.259 e. The van der Waals surface area contributed by atoms with Crippen molar-refractivity contribution < 1.29 is 14.3 Å². The van der Waals surface area contributed by atoms with Crippen LogP contribution in [0.15, 0.2) is 48.5 Å². The van der Waals surface area contributed by atoms with E-state index in [1.165, 1.54) is 0 Å². The first kappa shape index (κ1) is 16.8. The molecule has 6 heteroatoms. The lowest BCUT2D eigenvalue weighted by atomic mass is 10.1. The van der Waals surface area contributed by atoms with Crippen LogP contribution in [0.4, 0.5) is 11.4 Å². The molecule has 0 bridgehead atoms. The number of carbonyl (C=O) groups excluding carboxylic acids is 2. The molecule has 1 heterocycles. The number of rotatable bonds is 5. The Hall–Kier alpha value is -3.02. The van der Waals surface area contributed by atoms with E-state index in [9.17, 15) is 9.59 Å². The predicted octanol–water partition coefficient (Wildman–Crippen LogP) is 2.27. The average Bonchev–Trinajstić information content (AvgIpc) is 2.63. The number of nitrogens with one attached hydrogen (secondary N) is 2. The number of para-hydroxylation sites is 3. The normalized spacial score (nSPS) is 14.0. The number of amides is 2. The van der Waals surface area contributed by atoms with Crippen molar-refractivity contribution in [3.63, 3.8) is 0 Å². The number of anilines is 2. The maximum absolute atomic E-state index is 12.7. The summed E-state index contributed by atoms with van der Waals surface area (Å²) in [5, 5.41) is 5.75. The molecular formula is C19H21N3O3. The first-order valence-electron chi connectivity index (χ1n) is 8.33. The lowest BCUT2D eigenvalue weighted by Crippen LogP contribution is -2.47. The molecule has 0 aliphatic carbocycles. The fraction of sp³-hybridized carbons (Fsp3) is 0.263. The van der Waals surface area contributed by atoms with Crippen LogP contribution in [0.1, 0.15) is 17.3 Å². The van der Waals surface area contributed by atoms with Gasteiger partial charge in [-0.1, -0.05) is 24.3 Å². The molecule has 2 amide bonds. The lowest BCUT2D eigenvalue weighted by Gasteiger charge is -2.30. The molecule has 0 atom stereocenters. The second-order valence-corrected chi connectivity index (χ2v) is 5.67. The predicted molar refractivity (Wildman–Crippen MR) is 97.2 cm³/mol. The molecule has 0 spiro atoms. The number of carbonyl (C=O) groups is 2. The summed E-state index contributed by atoms with van der Waals surface area (Å²) in [4.78, 5) is 26.3. The quantitative estimate of drug-likeness (QED) is 0.877. The summed E-state index contributed by atoms with van der Waals surface area (Å²) < 4.78 is 5.53. The van der Waals surface area contributed by atoms with Gasteiger partial charge in [0.25, 0.3) is 5.91 Å². The lowest BCUT2D eigenvalue weighted by molar-refractivity contribution is -0.120. The van der Waals surface area contributed by atoms with E-state index in [-0.39, 0.29) is 18.4 Å². The molecule has 130 valence electrons. The van der Waals surface area contributed by atoms with Gasteiger partial charge in [0.1, 0.15) is 5.75 Å². The minimum absolute atomic E-state index is 0.0194. The Bertz CT molecular complexity index is 776. The number of benzene rings is 2.